The van der Waals surface area contributed by atoms with Crippen molar-refractivity contribution < 1.29 is 4.39 Å². The maximum atomic E-state index is 12.9. The Balaban J connectivity index is 0.00000288. The molecule has 5 nitrogen and oxygen atoms in total. The fourth-order valence-corrected chi connectivity index (χ4v) is 2.34. The molecule has 0 amide bonds. The van der Waals surface area contributed by atoms with E-state index < -0.39 is 0 Å². The van der Waals surface area contributed by atoms with Crippen molar-refractivity contribution in [3.8, 4) is 5.69 Å². The second-order valence-corrected chi connectivity index (χ2v) is 5.88. The van der Waals surface area contributed by atoms with Gasteiger partial charge in [0.25, 0.3) is 0 Å². The van der Waals surface area contributed by atoms with Crippen LogP contribution in [0.2, 0.25) is 0 Å². The van der Waals surface area contributed by atoms with Crippen molar-refractivity contribution in [1.82, 2.24) is 20.4 Å². The number of aliphatic imine (C=N–C) groups is 1. The van der Waals surface area contributed by atoms with Crippen molar-refractivity contribution in [2.24, 2.45) is 4.99 Å². The Kier molecular flexibility index (Phi) is 9.77. The number of benzene rings is 1. The fourth-order valence-electron chi connectivity index (χ4n) is 2.03. The molecule has 0 atom stereocenters. The number of halogens is 2. The molecule has 24 heavy (non-hydrogen) atoms. The van der Waals surface area contributed by atoms with Gasteiger partial charge in [-0.3, -0.25) is 4.99 Å². The van der Waals surface area contributed by atoms with Crippen molar-refractivity contribution in [2.75, 3.05) is 32.1 Å². The van der Waals surface area contributed by atoms with Crippen LogP contribution in [0.15, 0.2) is 41.5 Å². The van der Waals surface area contributed by atoms with Crippen molar-refractivity contribution >= 4 is 41.7 Å². The first kappa shape index (κ1) is 20.8. The average molecular weight is 463 g/mol. The van der Waals surface area contributed by atoms with Gasteiger partial charge in [-0.25, -0.2) is 9.07 Å². The van der Waals surface area contributed by atoms with Crippen LogP contribution in [0.5, 0.6) is 0 Å². The molecule has 1 heterocycles. The maximum absolute atomic E-state index is 12.9. The number of aromatic nitrogens is 2. The van der Waals surface area contributed by atoms with Crippen LogP contribution in [0.25, 0.3) is 5.69 Å². The third-order valence-corrected chi connectivity index (χ3v) is 3.84. The molecular formula is C16H23FIN5S. The zero-order chi connectivity index (χ0) is 16.5. The van der Waals surface area contributed by atoms with E-state index in [2.05, 4.69) is 27.0 Å². The first-order valence-electron chi connectivity index (χ1n) is 7.47. The summed E-state index contributed by atoms with van der Waals surface area (Å²) < 4.78 is 14.7. The van der Waals surface area contributed by atoms with Crippen LogP contribution in [-0.4, -0.2) is 47.9 Å². The summed E-state index contributed by atoms with van der Waals surface area (Å²) in [4.78, 5) is 4.18. The van der Waals surface area contributed by atoms with E-state index in [0.717, 1.165) is 42.6 Å². The molecule has 0 aliphatic rings. The SMILES string of the molecule is CN=C(NCCSC)NCCc1ccn(-c2ccc(F)cc2)n1.I. The summed E-state index contributed by atoms with van der Waals surface area (Å²) in [5.74, 6) is 1.60. The number of hydrogen-bond donors (Lipinski definition) is 2. The predicted molar refractivity (Wildman–Crippen MR) is 110 cm³/mol. The quantitative estimate of drug-likeness (QED) is 0.287. The number of guanidine groups is 1. The summed E-state index contributed by atoms with van der Waals surface area (Å²) in [6.07, 6.45) is 4.75. The van der Waals surface area contributed by atoms with Crippen molar-refractivity contribution in [2.45, 2.75) is 6.42 Å². The van der Waals surface area contributed by atoms with Gasteiger partial charge in [-0.1, -0.05) is 0 Å². The van der Waals surface area contributed by atoms with Gasteiger partial charge < -0.3 is 10.6 Å². The summed E-state index contributed by atoms with van der Waals surface area (Å²) in [5, 5.41) is 11.0. The first-order chi connectivity index (χ1) is 11.2. The Morgan fingerprint density at radius 3 is 2.58 bits per heavy atom. The lowest BCUT2D eigenvalue weighted by Crippen LogP contribution is -2.39. The predicted octanol–water partition coefficient (Wildman–Crippen LogP) is 2.70. The minimum atomic E-state index is -0.245. The largest absolute Gasteiger partial charge is 0.356 e. The van der Waals surface area contributed by atoms with Gasteiger partial charge in [-0.05, 0) is 36.6 Å². The molecule has 132 valence electrons. The molecular weight excluding hydrogens is 440 g/mol. The van der Waals surface area contributed by atoms with Crippen LogP contribution in [0.4, 0.5) is 4.39 Å². The molecule has 0 aliphatic carbocycles. The molecule has 0 saturated heterocycles. The molecule has 0 fully saturated rings. The van der Waals surface area contributed by atoms with Crippen molar-refractivity contribution in [3.63, 3.8) is 0 Å². The number of thioether (sulfide) groups is 1. The molecule has 1 aromatic heterocycles. The summed E-state index contributed by atoms with van der Waals surface area (Å²) in [6.45, 7) is 1.64. The number of nitrogens with zero attached hydrogens (tertiary/aromatic N) is 3. The highest BCUT2D eigenvalue weighted by Gasteiger charge is 2.03. The van der Waals surface area contributed by atoms with E-state index in [1.54, 1.807) is 35.6 Å². The lowest BCUT2D eigenvalue weighted by atomic mass is 10.3. The molecule has 1 aromatic carbocycles. The number of nitrogens with one attached hydrogen (secondary N) is 2. The Morgan fingerprint density at radius 2 is 1.92 bits per heavy atom. The van der Waals surface area contributed by atoms with E-state index in [9.17, 15) is 4.39 Å². The van der Waals surface area contributed by atoms with Gasteiger partial charge in [0.15, 0.2) is 5.96 Å². The standard InChI is InChI=1S/C16H22FN5S.HI/c1-18-16(20-10-12-23-2)19-9-7-14-8-11-22(21-14)15-5-3-13(17)4-6-15;/h3-6,8,11H,7,9-10,12H2,1-2H3,(H2,18,19,20);1H. The van der Waals surface area contributed by atoms with E-state index in [0.29, 0.717) is 0 Å². The minimum Gasteiger partial charge on any atom is -0.356 e. The Hall–Kier alpha value is -1.29. The van der Waals surface area contributed by atoms with Crippen LogP contribution >= 0.6 is 35.7 Å². The second kappa shape index (κ2) is 11.3. The van der Waals surface area contributed by atoms with Crippen LogP contribution in [0.1, 0.15) is 5.69 Å². The average Bonchev–Trinajstić information content (AvgIpc) is 3.03. The highest BCUT2D eigenvalue weighted by atomic mass is 127. The summed E-state index contributed by atoms with van der Waals surface area (Å²) in [7, 11) is 1.76. The zero-order valence-electron chi connectivity index (χ0n) is 13.8. The van der Waals surface area contributed by atoms with Crippen molar-refractivity contribution in [3.05, 3.63) is 48.0 Å². The third kappa shape index (κ3) is 6.68. The summed E-state index contributed by atoms with van der Waals surface area (Å²) in [5.41, 5.74) is 1.82. The third-order valence-electron chi connectivity index (χ3n) is 3.23. The molecule has 2 N–H and O–H groups in total. The van der Waals surface area contributed by atoms with Crippen LogP contribution in [0, 0.1) is 5.82 Å². The van der Waals surface area contributed by atoms with Gasteiger partial charge in [0.2, 0.25) is 0 Å². The van der Waals surface area contributed by atoms with E-state index in [4.69, 9.17) is 0 Å². The number of hydrogen-bond acceptors (Lipinski definition) is 3. The van der Waals surface area contributed by atoms with Gasteiger partial charge >= 0.3 is 0 Å². The summed E-state index contributed by atoms with van der Waals surface area (Å²) >= 11 is 1.79. The van der Waals surface area contributed by atoms with Crippen LogP contribution < -0.4 is 10.6 Å². The normalized spacial score (nSPS) is 11.0. The van der Waals surface area contributed by atoms with Crippen molar-refractivity contribution in [1.29, 1.82) is 0 Å². The molecule has 0 unspecified atom stereocenters. The second-order valence-electron chi connectivity index (χ2n) is 4.90. The molecule has 0 aliphatic heterocycles. The Bertz CT molecular complexity index is 630. The molecule has 0 radical (unpaired) electrons. The Morgan fingerprint density at radius 1 is 1.21 bits per heavy atom. The van der Waals surface area contributed by atoms with E-state index in [1.165, 1.54) is 12.1 Å². The van der Waals surface area contributed by atoms with Crippen LogP contribution in [-0.2, 0) is 6.42 Å². The molecule has 2 aromatic rings. The highest BCUT2D eigenvalue weighted by molar-refractivity contribution is 14.0. The summed E-state index contributed by atoms with van der Waals surface area (Å²) in [6, 6.07) is 8.25. The molecule has 0 bridgehead atoms. The zero-order valence-corrected chi connectivity index (χ0v) is 17.0. The van der Waals surface area contributed by atoms with Gasteiger partial charge in [0.05, 0.1) is 11.4 Å². The topological polar surface area (TPSA) is 54.2 Å². The molecule has 0 spiro atoms. The van der Waals surface area contributed by atoms with E-state index in [-0.39, 0.29) is 29.8 Å². The monoisotopic (exact) mass is 463 g/mol. The first-order valence-corrected chi connectivity index (χ1v) is 8.86. The molecule has 0 saturated carbocycles. The minimum absolute atomic E-state index is 0. The Labute approximate surface area is 163 Å². The van der Waals surface area contributed by atoms with Gasteiger partial charge in [0, 0.05) is 38.5 Å². The van der Waals surface area contributed by atoms with Crippen LogP contribution in [0.3, 0.4) is 0 Å². The maximum Gasteiger partial charge on any atom is 0.191 e. The van der Waals surface area contributed by atoms with E-state index in [1.807, 2.05) is 12.3 Å². The van der Waals surface area contributed by atoms with Gasteiger partial charge in [0.1, 0.15) is 5.82 Å². The highest BCUT2D eigenvalue weighted by Crippen LogP contribution is 2.09. The van der Waals surface area contributed by atoms with E-state index >= 15 is 0 Å². The molecule has 8 heteroatoms. The lowest BCUT2D eigenvalue weighted by molar-refractivity contribution is 0.627. The lowest BCUT2D eigenvalue weighted by Gasteiger charge is -2.10. The van der Waals surface area contributed by atoms with Gasteiger partial charge in [-0.15, -0.1) is 24.0 Å². The smallest absolute Gasteiger partial charge is 0.191 e. The number of rotatable bonds is 7. The fraction of sp³-hybridized carbons (Fsp3) is 0.375. The van der Waals surface area contributed by atoms with Gasteiger partial charge in [-0.2, -0.15) is 16.9 Å². The molecule has 2 rings (SSSR count).